The van der Waals surface area contributed by atoms with Crippen molar-refractivity contribution >= 4 is 38.1 Å². The van der Waals surface area contributed by atoms with Gasteiger partial charge in [0.1, 0.15) is 11.6 Å². The molecule has 1 aliphatic heterocycles. The number of hydrogen-bond acceptors (Lipinski definition) is 9. The van der Waals surface area contributed by atoms with E-state index < -0.39 is 12.1 Å². The van der Waals surface area contributed by atoms with Crippen molar-refractivity contribution < 1.29 is 27.6 Å². The van der Waals surface area contributed by atoms with Crippen LogP contribution in [0.25, 0.3) is 17.2 Å². The molecule has 0 aliphatic carbocycles. The molecule has 0 radical (unpaired) electrons. The van der Waals surface area contributed by atoms with E-state index in [-0.39, 0.29) is 5.56 Å². The summed E-state index contributed by atoms with van der Waals surface area (Å²) in [5.74, 6) is -0.0306. The molecular formula is C23H22BrF3N8O4. The number of aryl methyl sites for hydroxylation is 3. The third-order valence-corrected chi connectivity index (χ3v) is 6.13. The van der Waals surface area contributed by atoms with Gasteiger partial charge in [-0.15, -0.1) is 10.2 Å². The fraction of sp³-hybridized carbons (Fsp3) is 0.391. The number of pyridine rings is 1. The fourth-order valence-corrected chi connectivity index (χ4v) is 4.28. The highest BCUT2D eigenvalue weighted by Gasteiger charge is 2.38. The first-order valence-corrected chi connectivity index (χ1v) is 12.6. The number of aliphatic imine (C=N–C) groups is 1. The van der Waals surface area contributed by atoms with Crippen LogP contribution in [0.15, 0.2) is 38.8 Å². The summed E-state index contributed by atoms with van der Waals surface area (Å²) in [7, 11) is 0. The van der Waals surface area contributed by atoms with Gasteiger partial charge in [0.15, 0.2) is 0 Å². The topological polar surface area (TPSA) is 154 Å². The first kappa shape index (κ1) is 28.1. The van der Waals surface area contributed by atoms with Crippen molar-refractivity contribution in [3.8, 4) is 11.4 Å². The molecule has 0 fully saturated rings. The lowest BCUT2D eigenvalue weighted by Crippen LogP contribution is -2.24. The van der Waals surface area contributed by atoms with Gasteiger partial charge in [-0.25, -0.2) is 14.2 Å². The Morgan fingerprint density at radius 2 is 2.00 bits per heavy atom. The average Bonchev–Trinajstić information content (AvgIpc) is 3.64. The maximum Gasteiger partial charge on any atom is 0.490 e. The third kappa shape index (κ3) is 6.38. The van der Waals surface area contributed by atoms with E-state index in [0.717, 1.165) is 36.0 Å². The molecule has 206 valence electrons. The van der Waals surface area contributed by atoms with Crippen LogP contribution in [0.4, 0.5) is 19.0 Å². The highest BCUT2D eigenvalue weighted by molar-refractivity contribution is 9.18. The van der Waals surface area contributed by atoms with Crippen LogP contribution in [0.1, 0.15) is 43.5 Å². The zero-order valence-electron chi connectivity index (χ0n) is 20.5. The highest BCUT2D eigenvalue weighted by atomic mass is 79.9. The normalized spacial score (nSPS) is 12.7. The molecule has 0 bridgehead atoms. The average molecular weight is 611 g/mol. The molecule has 0 atom stereocenters. The standard InChI is InChI=1S/C21H21BrN8O2.C2HF3O2/c1-2-3-4-10-29-19-14(11-15(22)24-19)20(31)30-16(26-27-21(29)30)7-8-17-25-18(28-32-17)13-6-5-9-23-12-13;3-2(4,5)1(6)7/h5-6,9,12H,2-4,7-8,10-11H2,1H3;(H,6,7). The molecule has 4 aromatic rings. The van der Waals surface area contributed by atoms with E-state index in [0.29, 0.717) is 54.0 Å². The molecule has 5 rings (SSSR count). The van der Waals surface area contributed by atoms with Gasteiger partial charge < -0.3 is 9.63 Å². The summed E-state index contributed by atoms with van der Waals surface area (Å²) in [6.45, 7) is 2.90. The van der Waals surface area contributed by atoms with Crippen LogP contribution in [0.2, 0.25) is 0 Å². The number of aromatic nitrogens is 7. The largest absolute Gasteiger partial charge is 0.490 e. The molecule has 5 heterocycles. The molecule has 0 saturated heterocycles. The summed E-state index contributed by atoms with van der Waals surface area (Å²) in [5, 5.41) is 19.8. The van der Waals surface area contributed by atoms with E-state index in [9.17, 15) is 18.0 Å². The number of alkyl halides is 3. The van der Waals surface area contributed by atoms with Crippen molar-refractivity contribution in [3.05, 3.63) is 52.2 Å². The number of carbonyl (C=O) groups is 1. The van der Waals surface area contributed by atoms with E-state index >= 15 is 0 Å². The van der Waals surface area contributed by atoms with Crippen LogP contribution >= 0.6 is 15.9 Å². The summed E-state index contributed by atoms with van der Waals surface area (Å²) in [4.78, 5) is 35.2. The van der Waals surface area contributed by atoms with Crippen molar-refractivity contribution in [2.24, 2.45) is 4.99 Å². The summed E-state index contributed by atoms with van der Waals surface area (Å²) in [5.41, 5.74) is 1.33. The summed E-state index contributed by atoms with van der Waals surface area (Å²) < 4.78 is 41.5. The Labute approximate surface area is 226 Å². The van der Waals surface area contributed by atoms with E-state index in [1.165, 1.54) is 0 Å². The number of fused-ring (bicyclic) bond motifs is 2. The Kier molecular flexibility index (Phi) is 8.52. The van der Waals surface area contributed by atoms with E-state index in [2.05, 4.69) is 53.2 Å². The summed E-state index contributed by atoms with van der Waals surface area (Å²) in [6, 6.07) is 3.69. The van der Waals surface area contributed by atoms with Gasteiger partial charge in [0, 0.05) is 43.8 Å². The van der Waals surface area contributed by atoms with Crippen LogP contribution in [-0.4, -0.2) is 56.2 Å². The molecule has 0 spiro atoms. The Morgan fingerprint density at radius 3 is 2.67 bits per heavy atom. The molecule has 0 saturated carbocycles. The number of rotatable bonds is 8. The molecular weight excluding hydrogens is 589 g/mol. The van der Waals surface area contributed by atoms with E-state index in [1.807, 2.05) is 16.7 Å². The molecule has 0 aromatic carbocycles. The first-order chi connectivity index (χ1) is 18.6. The number of hydrogen-bond donors (Lipinski definition) is 1. The van der Waals surface area contributed by atoms with Gasteiger partial charge in [0.05, 0.1) is 10.2 Å². The monoisotopic (exact) mass is 610 g/mol. The smallest absolute Gasteiger partial charge is 0.475 e. The number of unbranched alkanes of at least 4 members (excludes halogenated alkanes) is 2. The van der Waals surface area contributed by atoms with Crippen LogP contribution in [-0.2, 0) is 30.6 Å². The molecule has 0 unspecified atom stereocenters. The molecule has 4 aromatic heterocycles. The molecule has 39 heavy (non-hydrogen) atoms. The second-order valence-corrected chi connectivity index (χ2v) is 9.35. The lowest BCUT2D eigenvalue weighted by molar-refractivity contribution is -0.192. The molecule has 1 N–H and O–H groups in total. The van der Waals surface area contributed by atoms with Crippen LogP contribution < -0.4 is 5.56 Å². The minimum Gasteiger partial charge on any atom is -0.475 e. The number of halogens is 4. The number of carboxylic acids is 1. The number of carboxylic acid groups (broad SMARTS) is 1. The van der Waals surface area contributed by atoms with Crippen molar-refractivity contribution in [1.82, 2.24) is 34.3 Å². The summed E-state index contributed by atoms with van der Waals surface area (Å²) in [6.07, 6.45) is 2.84. The molecule has 16 heteroatoms. The Morgan fingerprint density at radius 1 is 1.23 bits per heavy atom. The maximum atomic E-state index is 13.2. The molecule has 1 aliphatic rings. The van der Waals surface area contributed by atoms with Crippen molar-refractivity contribution in [2.45, 2.75) is 58.2 Å². The fourth-order valence-electron chi connectivity index (χ4n) is 3.84. The molecule has 0 amide bonds. The zero-order chi connectivity index (χ0) is 28.2. The first-order valence-electron chi connectivity index (χ1n) is 11.9. The van der Waals surface area contributed by atoms with Crippen LogP contribution in [0, 0.1) is 0 Å². The van der Waals surface area contributed by atoms with Gasteiger partial charge in [0.2, 0.25) is 17.5 Å². The lowest BCUT2D eigenvalue weighted by Gasteiger charge is -2.12. The quantitative estimate of drug-likeness (QED) is 0.292. The Balaban J connectivity index is 0.000000448. The Bertz CT molecular complexity index is 1560. The number of nitrogens with zero attached hydrogens (tertiary/aromatic N) is 8. The SMILES string of the molecule is CCCCCn1c2c(c(=O)n3c(CCc4nc(-c5cccnc5)no4)nnc13)CC(Br)=N2.O=C(O)C(F)(F)F. The Hall–Kier alpha value is -3.95. The highest BCUT2D eigenvalue weighted by Crippen LogP contribution is 2.28. The second kappa shape index (κ2) is 11.8. The third-order valence-electron chi connectivity index (χ3n) is 5.67. The van der Waals surface area contributed by atoms with Gasteiger partial charge in [-0.1, -0.05) is 24.9 Å². The second-order valence-electron chi connectivity index (χ2n) is 8.44. The van der Waals surface area contributed by atoms with Crippen LogP contribution in [0.5, 0.6) is 0 Å². The van der Waals surface area contributed by atoms with Gasteiger partial charge >= 0.3 is 12.1 Å². The van der Waals surface area contributed by atoms with Gasteiger partial charge in [-0.3, -0.25) is 14.3 Å². The van der Waals surface area contributed by atoms with Gasteiger partial charge in [0.25, 0.3) is 5.56 Å². The summed E-state index contributed by atoms with van der Waals surface area (Å²) >= 11 is 3.45. The van der Waals surface area contributed by atoms with Crippen LogP contribution in [0.3, 0.4) is 0 Å². The lowest BCUT2D eigenvalue weighted by atomic mass is 10.2. The van der Waals surface area contributed by atoms with Gasteiger partial charge in [-0.2, -0.15) is 18.2 Å². The minimum absolute atomic E-state index is 0.124. The van der Waals surface area contributed by atoms with E-state index in [1.54, 1.807) is 16.8 Å². The minimum atomic E-state index is -5.08. The van der Waals surface area contributed by atoms with Crippen molar-refractivity contribution in [1.29, 1.82) is 0 Å². The maximum absolute atomic E-state index is 13.2. The van der Waals surface area contributed by atoms with E-state index in [4.69, 9.17) is 14.4 Å². The van der Waals surface area contributed by atoms with Crippen molar-refractivity contribution in [2.75, 3.05) is 0 Å². The predicted molar refractivity (Wildman–Crippen MR) is 135 cm³/mol. The zero-order valence-corrected chi connectivity index (χ0v) is 22.1. The van der Waals surface area contributed by atoms with Gasteiger partial charge in [-0.05, 0) is 34.5 Å². The predicted octanol–water partition coefficient (Wildman–Crippen LogP) is 3.93. The van der Waals surface area contributed by atoms with Crippen molar-refractivity contribution in [3.63, 3.8) is 0 Å². The molecule has 12 nitrogen and oxygen atoms in total. The number of aliphatic carboxylic acids is 1.